The Morgan fingerprint density at radius 2 is 2.28 bits per heavy atom. The van der Waals surface area contributed by atoms with E-state index < -0.39 is 0 Å². The summed E-state index contributed by atoms with van der Waals surface area (Å²) in [5, 5.41) is 12.8. The molecule has 0 saturated heterocycles. The number of aliphatic hydroxyl groups is 1. The highest BCUT2D eigenvalue weighted by Crippen LogP contribution is 2.21. The first-order valence-corrected chi connectivity index (χ1v) is 7.08. The summed E-state index contributed by atoms with van der Waals surface area (Å²) < 4.78 is 0.832. The summed E-state index contributed by atoms with van der Waals surface area (Å²) in [6.45, 7) is 2.41. The summed E-state index contributed by atoms with van der Waals surface area (Å²) in [4.78, 5) is 11.7. The summed E-state index contributed by atoms with van der Waals surface area (Å²) in [5.41, 5.74) is 0.896. The maximum absolute atomic E-state index is 11.7. The first-order valence-electron chi connectivity index (χ1n) is 5.91. The molecule has 100 valence electrons. The Hall–Kier alpha value is -0.580. The molecular formula is C13H17BrClNO2. The fraction of sp³-hybridized carbons (Fsp3) is 0.462. The fourth-order valence-electron chi connectivity index (χ4n) is 1.48. The van der Waals surface area contributed by atoms with Crippen molar-refractivity contribution in [2.45, 2.75) is 32.3 Å². The lowest BCUT2D eigenvalue weighted by molar-refractivity contribution is -0.120. The van der Waals surface area contributed by atoms with Crippen LogP contribution in [0, 0.1) is 0 Å². The minimum atomic E-state index is -0.340. The van der Waals surface area contributed by atoms with Crippen LogP contribution in [0.15, 0.2) is 22.7 Å². The molecular weight excluding hydrogens is 318 g/mol. The Morgan fingerprint density at radius 1 is 1.56 bits per heavy atom. The van der Waals surface area contributed by atoms with Crippen molar-refractivity contribution in [3.05, 3.63) is 33.3 Å². The van der Waals surface area contributed by atoms with Crippen molar-refractivity contribution < 1.29 is 9.90 Å². The maximum Gasteiger partial charge on any atom is 0.224 e. The van der Waals surface area contributed by atoms with Gasteiger partial charge in [0.2, 0.25) is 5.91 Å². The number of carbonyl (C=O) groups excluding carboxylic acids is 1. The summed E-state index contributed by atoms with van der Waals surface area (Å²) in [5.74, 6) is -0.0543. The molecule has 1 aromatic rings. The predicted octanol–water partition coefficient (Wildman–Crippen LogP) is 2.92. The van der Waals surface area contributed by atoms with Crippen LogP contribution in [0.5, 0.6) is 0 Å². The van der Waals surface area contributed by atoms with Crippen LogP contribution < -0.4 is 5.32 Å². The van der Waals surface area contributed by atoms with Crippen molar-refractivity contribution in [3.8, 4) is 0 Å². The first-order chi connectivity index (χ1) is 8.52. The van der Waals surface area contributed by atoms with Gasteiger partial charge in [0.25, 0.3) is 0 Å². The molecule has 0 fully saturated rings. The third kappa shape index (κ3) is 5.38. The van der Waals surface area contributed by atoms with Crippen LogP contribution in [-0.2, 0) is 11.2 Å². The van der Waals surface area contributed by atoms with E-state index in [0.29, 0.717) is 30.8 Å². The second kappa shape index (κ2) is 7.77. The van der Waals surface area contributed by atoms with E-state index in [1.165, 1.54) is 0 Å². The molecule has 1 atom stereocenters. The van der Waals surface area contributed by atoms with E-state index in [1.807, 2.05) is 13.0 Å². The van der Waals surface area contributed by atoms with Gasteiger partial charge >= 0.3 is 0 Å². The van der Waals surface area contributed by atoms with Crippen molar-refractivity contribution in [3.63, 3.8) is 0 Å². The smallest absolute Gasteiger partial charge is 0.224 e. The number of halogens is 2. The third-order valence-electron chi connectivity index (χ3n) is 2.64. The van der Waals surface area contributed by atoms with Gasteiger partial charge in [0.05, 0.1) is 12.5 Å². The average Bonchev–Trinajstić information content (AvgIpc) is 2.32. The van der Waals surface area contributed by atoms with Gasteiger partial charge in [-0.2, -0.15) is 0 Å². The third-order valence-corrected chi connectivity index (χ3v) is 3.61. The van der Waals surface area contributed by atoms with Crippen LogP contribution in [0.1, 0.15) is 25.3 Å². The molecule has 2 N–H and O–H groups in total. The molecule has 1 aromatic carbocycles. The predicted molar refractivity (Wildman–Crippen MR) is 76.8 cm³/mol. The monoisotopic (exact) mass is 333 g/mol. The van der Waals surface area contributed by atoms with Crippen molar-refractivity contribution in [2.24, 2.45) is 0 Å². The Kier molecular flexibility index (Phi) is 6.68. The molecule has 0 bridgehead atoms. The second-order valence-corrected chi connectivity index (χ2v) is 5.40. The zero-order valence-corrected chi connectivity index (χ0v) is 12.6. The largest absolute Gasteiger partial charge is 0.393 e. The quantitative estimate of drug-likeness (QED) is 0.840. The van der Waals surface area contributed by atoms with E-state index in [1.54, 1.807) is 12.1 Å². The number of carbonyl (C=O) groups is 1. The van der Waals surface area contributed by atoms with Crippen LogP contribution in [0.2, 0.25) is 5.02 Å². The van der Waals surface area contributed by atoms with Crippen LogP contribution in [-0.4, -0.2) is 23.7 Å². The Balaban J connectivity index is 2.40. The number of rotatable bonds is 6. The van der Waals surface area contributed by atoms with Crippen molar-refractivity contribution in [1.29, 1.82) is 0 Å². The summed E-state index contributed by atoms with van der Waals surface area (Å²) in [6.07, 6.45) is 1.26. The topological polar surface area (TPSA) is 49.3 Å². The Morgan fingerprint density at radius 3 is 2.89 bits per heavy atom. The Bertz CT molecular complexity index is 412. The number of amides is 1. The molecule has 0 aliphatic heterocycles. The van der Waals surface area contributed by atoms with Crippen LogP contribution in [0.25, 0.3) is 0 Å². The van der Waals surface area contributed by atoms with E-state index >= 15 is 0 Å². The highest BCUT2D eigenvalue weighted by Gasteiger charge is 2.08. The van der Waals surface area contributed by atoms with E-state index in [-0.39, 0.29) is 12.0 Å². The Labute approximate surface area is 121 Å². The van der Waals surface area contributed by atoms with Crippen LogP contribution >= 0.6 is 27.5 Å². The molecule has 0 radical (unpaired) electrons. The molecule has 18 heavy (non-hydrogen) atoms. The van der Waals surface area contributed by atoms with Gasteiger partial charge < -0.3 is 10.4 Å². The van der Waals surface area contributed by atoms with Crippen LogP contribution in [0.3, 0.4) is 0 Å². The van der Waals surface area contributed by atoms with Crippen molar-refractivity contribution in [1.82, 2.24) is 5.32 Å². The normalized spacial score (nSPS) is 12.2. The SMILES string of the molecule is CCC(O)CCNC(=O)Cc1ccc(Cl)cc1Br. The van der Waals surface area contributed by atoms with Gasteiger partial charge in [-0.1, -0.05) is 40.5 Å². The summed E-state index contributed by atoms with van der Waals surface area (Å²) in [7, 11) is 0. The number of hydrogen-bond donors (Lipinski definition) is 2. The zero-order valence-electron chi connectivity index (χ0n) is 10.2. The van der Waals surface area contributed by atoms with Gasteiger partial charge in [-0.3, -0.25) is 4.79 Å². The average molecular weight is 335 g/mol. The zero-order chi connectivity index (χ0) is 13.5. The molecule has 0 aliphatic rings. The highest BCUT2D eigenvalue weighted by molar-refractivity contribution is 9.10. The van der Waals surface area contributed by atoms with E-state index in [9.17, 15) is 9.90 Å². The highest BCUT2D eigenvalue weighted by atomic mass is 79.9. The van der Waals surface area contributed by atoms with E-state index in [4.69, 9.17) is 11.6 Å². The minimum Gasteiger partial charge on any atom is -0.393 e. The minimum absolute atomic E-state index is 0.0543. The van der Waals surface area contributed by atoms with Gasteiger partial charge in [-0.25, -0.2) is 0 Å². The summed E-state index contributed by atoms with van der Waals surface area (Å²) in [6, 6.07) is 5.35. The first kappa shape index (κ1) is 15.5. The number of aliphatic hydroxyl groups excluding tert-OH is 1. The molecule has 0 aliphatic carbocycles. The fourth-order valence-corrected chi connectivity index (χ4v) is 2.31. The summed E-state index contributed by atoms with van der Waals surface area (Å²) >= 11 is 9.20. The molecule has 1 amide bonds. The lowest BCUT2D eigenvalue weighted by Gasteiger charge is -2.09. The van der Waals surface area contributed by atoms with Gasteiger partial charge in [-0.15, -0.1) is 0 Å². The molecule has 0 aromatic heterocycles. The lowest BCUT2D eigenvalue weighted by Crippen LogP contribution is -2.28. The van der Waals surface area contributed by atoms with Gasteiger partial charge in [0.1, 0.15) is 0 Å². The number of hydrogen-bond acceptors (Lipinski definition) is 2. The molecule has 1 rings (SSSR count). The molecule has 1 unspecified atom stereocenters. The van der Waals surface area contributed by atoms with Gasteiger partial charge in [-0.05, 0) is 30.5 Å². The lowest BCUT2D eigenvalue weighted by atomic mass is 10.1. The van der Waals surface area contributed by atoms with E-state index in [0.717, 1.165) is 10.0 Å². The molecule has 5 heteroatoms. The number of benzene rings is 1. The van der Waals surface area contributed by atoms with Gasteiger partial charge in [0, 0.05) is 16.0 Å². The standard InChI is InChI=1S/C13H17BrClNO2/c1-2-11(17)5-6-16-13(18)7-9-3-4-10(15)8-12(9)14/h3-4,8,11,17H,2,5-7H2,1H3,(H,16,18). The molecule has 0 saturated carbocycles. The van der Waals surface area contributed by atoms with Gasteiger partial charge in [0.15, 0.2) is 0 Å². The number of nitrogens with one attached hydrogen (secondary N) is 1. The van der Waals surface area contributed by atoms with E-state index in [2.05, 4.69) is 21.2 Å². The maximum atomic E-state index is 11.7. The molecule has 3 nitrogen and oxygen atoms in total. The molecule has 0 spiro atoms. The van der Waals surface area contributed by atoms with Crippen molar-refractivity contribution >= 4 is 33.4 Å². The molecule has 0 heterocycles. The van der Waals surface area contributed by atoms with Crippen LogP contribution in [0.4, 0.5) is 0 Å². The van der Waals surface area contributed by atoms with Crippen molar-refractivity contribution in [2.75, 3.05) is 6.54 Å². The second-order valence-electron chi connectivity index (χ2n) is 4.11.